The molecule has 0 bridgehead atoms. The number of amides is 1. The van der Waals surface area contributed by atoms with Crippen molar-refractivity contribution in [3.8, 4) is 0 Å². The van der Waals surface area contributed by atoms with Crippen molar-refractivity contribution in [2.75, 3.05) is 11.9 Å². The zero-order chi connectivity index (χ0) is 24.9. The summed E-state index contributed by atoms with van der Waals surface area (Å²) in [6.45, 7) is 9.07. The Hall–Kier alpha value is -2.54. The second-order valence-corrected chi connectivity index (χ2v) is 9.41. The molecule has 186 valence electrons. The van der Waals surface area contributed by atoms with Crippen LogP contribution in [0, 0.1) is 5.92 Å². The summed E-state index contributed by atoms with van der Waals surface area (Å²) in [4.78, 5) is 26.4. The van der Waals surface area contributed by atoms with Crippen LogP contribution in [0.3, 0.4) is 0 Å². The number of ether oxygens (including phenoxy) is 1. The van der Waals surface area contributed by atoms with Gasteiger partial charge in [-0.2, -0.15) is 0 Å². The van der Waals surface area contributed by atoms with Crippen LogP contribution in [0.2, 0.25) is 0 Å². The molecule has 0 aliphatic heterocycles. The molecule has 0 unspecified atom stereocenters. The molecule has 6 nitrogen and oxygen atoms in total. The Labute approximate surface area is 204 Å². The van der Waals surface area contributed by atoms with Crippen LogP contribution in [-0.4, -0.2) is 36.4 Å². The fourth-order valence-electron chi connectivity index (χ4n) is 3.78. The number of hydrogen-bond donors (Lipinski definition) is 3. The first-order chi connectivity index (χ1) is 16.3. The Balaban J connectivity index is 2.05. The summed E-state index contributed by atoms with van der Waals surface area (Å²) in [6.07, 6.45) is 2.22. The third kappa shape index (κ3) is 10.2. The topological polar surface area (TPSA) is 93.5 Å². The standard InChI is InChI=1S/C28H41N3O3/c1-20(2)30-26(17-22-9-6-5-7-10-22)27(32)18-24(11-8-16-29)28(33)31-25-14-12-23(13-15-25)19-34-21(3)4/h5-7,9-10,12-15,20-21,24,26,30H,8,11,16-19,29H2,1-4H3,(H,31,33)/t24-,26+/m1/s1. The van der Waals surface area contributed by atoms with Gasteiger partial charge in [0.2, 0.25) is 5.91 Å². The number of carbonyl (C=O) groups excluding carboxylic acids is 2. The van der Waals surface area contributed by atoms with E-state index in [9.17, 15) is 9.59 Å². The summed E-state index contributed by atoms with van der Waals surface area (Å²) < 4.78 is 5.62. The highest BCUT2D eigenvalue weighted by atomic mass is 16.5. The van der Waals surface area contributed by atoms with Gasteiger partial charge in [-0.3, -0.25) is 9.59 Å². The van der Waals surface area contributed by atoms with Gasteiger partial charge in [0.1, 0.15) is 0 Å². The number of carbonyl (C=O) groups is 2. The summed E-state index contributed by atoms with van der Waals surface area (Å²) in [5.41, 5.74) is 8.57. The van der Waals surface area contributed by atoms with Gasteiger partial charge >= 0.3 is 0 Å². The molecule has 2 aromatic carbocycles. The molecule has 2 atom stereocenters. The van der Waals surface area contributed by atoms with Crippen molar-refractivity contribution < 1.29 is 14.3 Å². The van der Waals surface area contributed by atoms with Crippen molar-refractivity contribution >= 4 is 17.4 Å². The molecule has 2 aromatic rings. The average molecular weight is 468 g/mol. The monoisotopic (exact) mass is 467 g/mol. The highest BCUT2D eigenvalue weighted by molar-refractivity contribution is 5.96. The zero-order valence-electron chi connectivity index (χ0n) is 21.1. The highest BCUT2D eigenvalue weighted by Crippen LogP contribution is 2.19. The molecule has 0 spiro atoms. The highest BCUT2D eigenvalue weighted by Gasteiger charge is 2.27. The molecule has 0 fully saturated rings. The predicted molar refractivity (Wildman–Crippen MR) is 139 cm³/mol. The second-order valence-electron chi connectivity index (χ2n) is 9.41. The normalized spacial score (nSPS) is 13.1. The van der Waals surface area contributed by atoms with E-state index in [4.69, 9.17) is 10.5 Å². The van der Waals surface area contributed by atoms with Crippen molar-refractivity contribution in [3.63, 3.8) is 0 Å². The lowest BCUT2D eigenvalue weighted by molar-refractivity contribution is -0.127. The lowest BCUT2D eigenvalue weighted by atomic mass is 9.90. The number of nitrogens with one attached hydrogen (secondary N) is 2. The third-order valence-corrected chi connectivity index (χ3v) is 5.59. The minimum absolute atomic E-state index is 0.0518. The number of anilines is 1. The number of rotatable bonds is 15. The maximum absolute atomic E-state index is 13.3. The quantitative estimate of drug-likeness (QED) is 0.359. The molecule has 0 heterocycles. The molecule has 4 N–H and O–H groups in total. The molecular weight excluding hydrogens is 426 g/mol. The predicted octanol–water partition coefficient (Wildman–Crippen LogP) is 4.47. The summed E-state index contributed by atoms with van der Waals surface area (Å²) in [5, 5.41) is 6.37. The molecule has 0 saturated carbocycles. The Morgan fingerprint density at radius 2 is 1.62 bits per heavy atom. The van der Waals surface area contributed by atoms with Crippen LogP contribution in [0.4, 0.5) is 5.69 Å². The number of ketones is 1. The summed E-state index contributed by atoms with van der Waals surface area (Å²) in [5.74, 6) is -0.515. The zero-order valence-corrected chi connectivity index (χ0v) is 21.1. The van der Waals surface area contributed by atoms with E-state index in [0.717, 1.165) is 11.1 Å². The van der Waals surface area contributed by atoms with Gasteiger partial charge in [-0.25, -0.2) is 0 Å². The van der Waals surface area contributed by atoms with Crippen molar-refractivity contribution in [1.82, 2.24) is 5.32 Å². The largest absolute Gasteiger partial charge is 0.374 e. The molecule has 1 amide bonds. The minimum atomic E-state index is -0.424. The maximum atomic E-state index is 13.3. The van der Waals surface area contributed by atoms with Gasteiger partial charge in [-0.05, 0) is 62.9 Å². The fraction of sp³-hybridized carbons (Fsp3) is 0.500. The van der Waals surface area contributed by atoms with Gasteiger partial charge in [-0.15, -0.1) is 0 Å². The van der Waals surface area contributed by atoms with Gasteiger partial charge < -0.3 is 21.1 Å². The van der Waals surface area contributed by atoms with E-state index in [1.165, 1.54) is 0 Å². The SMILES string of the molecule is CC(C)N[C@@H](Cc1ccccc1)C(=O)C[C@@H](CCCN)C(=O)Nc1ccc(COC(C)C)cc1. The van der Waals surface area contributed by atoms with Crippen molar-refractivity contribution in [1.29, 1.82) is 0 Å². The molecule has 0 aliphatic rings. The van der Waals surface area contributed by atoms with Crippen LogP contribution in [0.15, 0.2) is 54.6 Å². The first kappa shape index (κ1) is 27.7. The van der Waals surface area contributed by atoms with E-state index >= 15 is 0 Å². The number of benzene rings is 2. The van der Waals surface area contributed by atoms with E-state index < -0.39 is 5.92 Å². The van der Waals surface area contributed by atoms with Gasteiger partial charge in [0.05, 0.1) is 18.8 Å². The second kappa shape index (κ2) is 14.7. The summed E-state index contributed by atoms with van der Waals surface area (Å²) in [6, 6.07) is 17.4. The van der Waals surface area contributed by atoms with Crippen LogP contribution < -0.4 is 16.4 Å². The van der Waals surface area contributed by atoms with Crippen LogP contribution in [0.1, 0.15) is 58.1 Å². The maximum Gasteiger partial charge on any atom is 0.227 e. The molecule has 6 heteroatoms. The van der Waals surface area contributed by atoms with E-state index in [2.05, 4.69) is 10.6 Å². The fourth-order valence-corrected chi connectivity index (χ4v) is 3.78. The number of hydrogen-bond acceptors (Lipinski definition) is 5. The van der Waals surface area contributed by atoms with Crippen molar-refractivity contribution in [2.24, 2.45) is 11.7 Å². The Morgan fingerprint density at radius 1 is 0.941 bits per heavy atom. The van der Waals surface area contributed by atoms with Gasteiger partial charge in [0.25, 0.3) is 0 Å². The van der Waals surface area contributed by atoms with E-state index in [1.807, 2.05) is 82.3 Å². The minimum Gasteiger partial charge on any atom is -0.374 e. The van der Waals surface area contributed by atoms with Crippen LogP contribution in [0.25, 0.3) is 0 Å². The van der Waals surface area contributed by atoms with Crippen molar-refractivity contribution in [2.45, 2.75) is 78.2 Å². The van der Waals surface area contributed by atoms with Crippen LogP contribution >= 0.6 is 0 Å². The number of Topliss-reactive ketones (excluding diaryl/α,β-unsaturated/α-hetero) is 1. The summed E-state index contributed by atoms with van der Waals surface area (Å²) >= 11 is 0. The van der Waals surface area contributed by atoms with Gasteiger partial charge in [-0.1, -0.05) is 56.3 Å². The molecule has 0 saturated heterocycles. The molecule has 2 rings (SSSR count). The van der Waals surface area contributed by atoms with Crippen molar-refractivity contribution in [3.05, 3.63) is 65.7 Å². The van der Waals surface area contributed by atoms with E-state index in [1.54, 1.807) is 0 Å². The lowest BCUT2D eigenvalue weighted by Gasteiger charge is -2.23. The molecular formula is C28H41N3O3. The van der Waals surface area contributed by atoms with E-state index in [-0.39, 0.29) is 36.3 Å². The molecule has 0 aliphatic carbocycles. The Kier molecular flexibility index (Phi) is 11.9. The van der Waals surface area contributed by atoms with Crippen LogP contribution in [-0.2, 0) is 27.4 Å². The average Bonchev–Trinajstić information content (AvgIpc) is 2.81. The van der Waals surface area contributed by atoms with Gasteiger partial charge in [0.15, 0.2) is 5.78 Å². The molecule has 0 radical (unpaired) electrons. The van der Waals surface area contributed by atoms with Crippen LogP contribution in [0.5, 0.6) is 0 Å². The van der Waals surface area contributed by atoms with Gasteiger partial charge in [0, 0.05) is 24.1 Å². The molecule has 0 aromatic heterocycles. The summed E-state index contributed by atoms with van der Waals surface area (Å²) in [7, 11) is 0. The molecule has 34 heavy (non-hydrogen) atoms. The van der Waals surface area contributed by atoms with E-state index in [0.29, 0.717) is 38.1 Å². The first-order valence-corrected chi connectivity index (χ1v) is 12.3. The Bertz CT molecular complexity index is 866. The third-order valence-electron chi connectivity index (χ3n) is 5.59. The first-order valence-electron chi connectivity index (χ1n) is 12.3. The smallest absolute Gasteiger partial charge is 0.227 e. The lowest BCUT2D eigenvalue weighted by Crippen LogP contribution is -2.43. The Morgan fingerprint density at radius 3 is 2.21 bits per heavy atom. The number of nitrogens with two attached hydrogens (primary N) is 1.